The van der Waals surface area contributed by atoms with Crippen LogP contribution in [0.15, 0.2) is 29.3 Å². The number of methoxy groups -OCH3 is 2. The Kier molecular flexibility index (Phi) is 5.89. The van der Waals surface area contributed by atoms with Crippen molar-refractivity contribution in [2.45, 2.75) is 17.7 Å². The molecule has 26 heavy (non-hydrogen) atoms. The van der Waals surface area contributed by atoms with Crippen LogP contribution in [0.2, 0.25) is 0 Å². The standard InChI is InChI=1S/C17H22N2O5S2/c1-23-9-16(20)18-17-19(14-10-26(21,22)11-15(14)25-17)8-7-12-3-5-13(24-2)6-4-12/h3-6,14-15H,7-11H2,1-2H3/t14-,15+/m0/s1. The molecular weight excluding hydrogens is 376 g/mol. The molecule has 142 valence electrons. The van der Waals surface area contributed by atoms with Gasteiger partial charge in [0.2, 0.25) is 0 Å². The number of carbonyl (C=O) groups is 1. The summed E-state index contributed by atoms with van der Waals surface area (Å²) in [6.45, 7) is 0.527. The summed E-state index contributed by atoms with van der Waals surface area (Å²) in [4.78, 5) is 18.0. The smallest absolute Gasteiger partial charge is 0.274 e. The molecule has 0 aliphatic carbocycles. The Bertz CT molecular complexity index is 792. The zero-order valence-electron chi connectivity index (χ0n) is 14.8. The number of nitrogens with zero attached hydrogens (tertiary/aromatic N) is 2. The van der Waals surface area contributed by atoms with Crippen LogP contribution in [0.3, 0.4) is 0 Å². The minimum Gasteiger partial charge on any atom is -0.497 e. The molecule has 2 saturated heterocycles. The quantitative estimate of drug-likeness (QED) is 0.706. The molecule has 2 heterocycles. The van der Waals surface area contributed by atoms with E-state index in [9.17, 15) is 13.2 Å². The SMILES string of the molecule is COCC(=O)N=C1S[C@@H]2CS(=O)(=O)C[C@@H]2N1CCc1ccc(OC)cc1. The first-order valence-corrected chi connectivity index (χ1v) is 11.0. The molecule has 1 aromatic carbocycles. The first-order valence-electron chi connectivity index (χ1n) is 8.29. The van der Waals surface area contributed by atoms with E-state index >= 15 is 0 Å². The highest BCUT2D eigenvalue weighted by Gasteiger charge is 2.48. The summed E-state index contributed by atoms with van der Waals surface area (Å²) in [6, 6.07) is 7.63. The summed E-state index contributed by atoms with van der Waals surface area (Å²) >= 11 is 1.39. The lowest BCUT2D eigenvalue weighted by Crippen LogP contribution is -2.39. The van der Waals surface area contributed by atoms with Crippen LogP contribution in [0.5, 0.6) is 5.75 Å². The van der Waals surface area contributed by atoms with Crippen molar-refractivity contribution in [3.8, 4) is 5.75 Å². The Morgan fingerprint density at radius 1 is 1.27 bits per heavy atom. The normalized spacial score (nSPS) is 25.5. The van der Waals surface area contributed by atoms with Crippen LogP contribution < -0.4 is 4.74 Å². The number of carbonyl (C=O) groups excluding carboxylic acids is 1. The van der Waals surface area contributed by atoms with Gasteiger partial charge in [0.1, 0.15) is 12.4 Å². The molecular formula is C17H22N2O5S2. The van der Waals surface area contributed by atoms with Crippen LogP contribution in [0.4, 0.5) is 0 Å². The molecule has 0 saturated carbocycles. The van der Waals surface area contributed by atoms with E-state index in [4.69, 9.17) is 9.47 Å². The molecule has 2 aliphatic heterocycles. The van der Waals surface area contributed by atoms with Crippen molar-refractivity contribution in [3.63, 3.8) is 0 Å². The monoisotopic (exact) mass is 398 g/mol. The van der Waals surface area contributed by atoms with Crippen molar-refractivity contribution in [3.05, 3.63) is 29.8 Å². The van der Waals surface area contributed by atoms with Gasteiger partial charge in [0.05, 0.1) is 24.7 Å². The van der Waals surface area contributed by atoms with Crippen LogP contribution >= 0.6 is 11.8 Å². The molecule has 2 fully saturated rings. The lowest BCUT2D eigenvalue weighted by atomic mass is 10.1. The third-order valence-corrected chi connectivity index (χ3v) is 7.71. The minimum absolute atomic E-state index is 0.0648. The fraction of sp³-hybridized carbons (Fsp3) is 0.529. The molecule has 2 atom stereocenters. The van der Waals surface area contributed by atoms with E-state index in [1.807, 2.05) is 29.2 Å². The number of thioether (sulfide) groups is 1. The maximum absolute atomic E-state index is 12.0. The van der Waals surface area contributed by atoms with Gasteiger partial charge in [-0.2, -0.15) is 4.99 Å². The van der Waals surface area contributed by atoms with Crippen LogP contribution in [-0.2, 0) is 25.8 Å². The number of fused-ring (bicyclic) bond motifs is 1. The molecule has 1 aromatic rings. The third-order valence-electron chi connectivity index (χ3n) is 4.46. The number of aliphatic imine (C=N–C) groups is 1. The van der Waals surface area contributed by atoms with Crippen molar-refractivity contribution in [1.82, 2.24) is 4.90 Å². The number of sulfone groups is 1. The Morgan fingerprint density at radius 3 is 2.65 bits per heavy atom. The first kappa shape index (κ1) is 19.2. The number of hydrogen-bond acceptors (Lipinski definition) is 6. The van der Waals surface area contributed by atoms with Gasteiger partial charge >= 0.3 is 0 Å². The summed E-state index contributed by atoms with van der Waals surface area (Å²) in [7, 11) is 0.0328. The Labute approximate surface area is 157 Å². The van der Waals surface area contributed by atoms with E-state index in [-0.39, 0.29) is 35.3 Å². The predicted molar refractivity (Wildman–Crippen MR) is 102 cm³/mol. The van der Waals surface area contributed by atoms with Crippen LogP contribution in [-0.4, -0.2) is 74.6 Å². The van der Waals surface area contributed by atoms with Crippen molar-refractivity contribution >= 4 is 32.7 Å². The fourth-order valence-electron chi connectivity index (χ4n) is 3.20. The van der Waals surface area contributed by atoms with Gasteiger partial charge in [-0.3, -0.25) is 4.79 Å². The highest BCUT2D eigenvalue weighted by molar-refractivity contribution is 8.15. The van der Waals surface area contributed by atoms with Crippen LogP contribution in [0.25, 0.3) is 0 Å². The maximum Gasteiger partial charge on any atom is 0.274 e. The number of amides is 1. The Hall–Kier alpha value is -1.58. The zero-order valence-corrected chi connectivity index (χ0v) is 16.4. The average molecular weight is 399 g/mol. The van der Waals surface area contributed by atoms with E-state index in [0.717, 1.165) is 17.7 Å². The highest BCUT2D eigenvalue weighted by Crippen LogP contribution is 2.38. The average Bonchev–Trinajstić information content (AvgIpc) is 3.05. The van der Waals surface area contributed by atoms with E-state index in [1.165, 1.54) is 18.9 Å². The van der Waals surface area contributed by atoms with Gasteiger partial charge in [-0.1, -0.05) is 23.9 Å². The summed E-state index contributed by atoms with van der Waals surface area (Å²) in [6.07, 6.45) is 0.727. The van der Waals surface area contributed by atoms with Crippen LogP contribution in [0, 0.1) is 0 Å². The molecule has 2 aliphatic rings. The predicted octanol–water partition coefficient (Wildman–Crippen LogP) is 0.981. The number of benzene rings is 1. The number of rotatable bonds is 6. The third kappa shape index (κ3) is 4.39. The molecule has 3 rings (SSSR count). The first-order chi connectivity index (χ1) is 12.4. The van der Waals surface area contributed by atoms with Gasteiger partial charge in [-0.05, 0) is 24.1 Å². The second-order valence-corrected chi connectivity index (χ2v) is 9.67. The lowest BCUT2D eigenvalue weighted by molar-refractivity contribution is -0.121. The number of ether oxygens (including phenoxy) is 2. The van der Waals surface area contributed by atoms with Gasteiger partial charge in [0, 0.05) is 18.9 Å². The van der Waals surface area contributed by atoms with E-state index in [0.29, 0.717) is 11.7 Å². The van der Waals surface area contributed by atoms with Crippen molar-refractivity contribution in [1.29, 1.82) is 0 Å². The highest BCUT2D eigenvalue weighted by atomic mass is 32.2. The summed E-state index contributed by atoms with van der Waals surface area (Å²) < 4.78 is 34.0. The summed E-state index contributed by atoms with van der Waals surface area (Å²) in [5, 5.41) is 0.537. The molecule has 0 spiro atoms. The minimum atomic E-state index is -3.04. The zero-order chi connectivity index (χ0) is 18.7. The maximum atomic E-state index is 12.0. The van der Waals surface area contributed by atoms with Gasteiger partial charge in [0.25, 0.3) is 5.91 Å². The van der Waals surface area contributed by atoms with Gasteiger partial charge in [-0.25, -0.2) is 8.42 Å². The molecule has 7 nitrogen and oxygen atoms in total. The van der Waals surface area contributed by atoms with E-state index in [2.05, 4.69) is 4.99 Å². The molecule has 0 unspecified atom stereocenters. The lowest BCUT2D eigenvalue weighted by Gasteiger charge is -2.24. The van der Waals surface area contributed by atoms with Gasteiger partial charge < -0.3 is 14.4 Å². The second kappa shape index (κ2) is 7.98. The molecule has 9 heteroatoms. The number of hydrogen-bond donors (Lipinski definition) is 0. The van der Waals surface area contributed by atoms with Crippen molar-refractivity contribution in [2.75, 3.05) is 38.9 Å². The largest absolute Gasteiger partial charge is 0.497 e. The molecule has 0 aromatic heterocycles. The molecule has 0 N–H and O–H groups in total. The van der Waals surface area contributed by atoms with E-state index < -0.39 is 9.84 Å². The van der Waals surface area contributed by atoms with Crippen molar-refractivity contribution < 1.29 is 22.7 Å². The van der Waals surface area contributed by atoms with Crippen LogP contribution in [0.1, 0.15) is 5.56 Å². The topological polar surface area (TPSA) is 85.3 Å². The summed E-state index contributed by atoms with van der Waals surface area (Å²) in [5.41, 5.74) is 1.11. The Morgan fingerprint density at radius 2 is 2.00 bits per heavy atom. The fourth-order valence-corrected chi connectivity index (χ4v) is 7.20. The van der Waals surface area contributed by atoms with E-state index in [1.54, 1.807) is 7.11 Å². The Balaban J connectivity index is 1.75. The van der Waals surface area contributed by atoms with Crippen molar-refractivity contribution in [2.24, 2.45) is 4.99 Å². The second-order valence-electron chi connectivity index (χ2n) is 6.31. The van der Waals surface area contributed by atoms with Gasteiger partial charge in [0.15, 0.2) is 15.0 Å². The molecule has 1 amide bonds. The molecule has 0 radical (unpaired) electrons. The van der Waals surface area contributed by atoms with Gasteiger partial charge in [-0.15, -0.1) is 0 Å². The molecule has 0 bridgehead atoms. The summed E-state index contributed by atoms with van der Waals surface area (Å²) in [5.74, 6) is 0.691. The number of amidine groups is 1.